The highest BCUT2D eigenvalue weighted by atomic mass is 32.1. The zero-order chi connectivity index (χ0) is 17.1. The summed E-state index contributed by atoms with van der Waals surface area (Å²) in [6, 6.07) is 15.1. The number of halogens is 1. The minimum absolute atomic E-state index is 0.253. The Morgan fingerprint density at radius 1 is 1.12 bits per heavy atom. The van der Waals surface area contributed by atoms with Crippen molar-refractivity contribution in [3.05, 3.63) is 83.5 Å². The highest BCUT2D eigenvalue weighted by Gasteiger charge is 2.17. The molecule has 0 aliphatic rings. The van der Waals surface area contributed by atoms with Crippen LogP contribution in [0.3, 0.4) is 0 Å². The van der Waals surface area contributed by atoms with E-state index < -0.39 is 0 Å². The van der Waals surface area contributed by atoms with Gasteiger partial charge in [0, 0.05) is 21.6 Å². The third-order valence-electron chi connectivity index (χ3n) is 3.71. The summed E-state index contributed by atoms with van der Waals surface area (Å²) in [5.41, 5.74) is 2.34. The molecule has 0 atom stereocenters. The molecule has 2 nitrogen and oxygen atoms in total. The first kappa shape index (κ1) is 16.1. The fourth-order valence-corrected chi connectivity index (χ4v) is 3.16. The lowest BCUT2D eigenvalue weighted by atomic mass is 9.95. The number of ether oxygens (including phenoxy) is 1. The molecule has 0 saturated carbocycles. The topological polar surface area (TPSA) is 26.3 Å². The number of ketones is 1. The van der Waals surface area contributed by atoms with Crippen LogP contribution < -0.4 is 4.74 Å². The van der Waals surface area contributed by atoms with E-state index >= 15 is 0 Å². The van der Waals surface area contributed by atoms with Crippen LogP contribution in [-0.2, 0) is 0 Å². The molecule has 3 aromatic rings. The summed E-state index contributed by atoms with van der Waals surface area (Å²) >= 11 is 1.62. The van der Waals surface area contributed by atoms with E-state index in [1.807, 2.05) is 35.7 Å². The van der Waals surface area contributed by atoms with Crippen molar-refractivity contribution in [2.24, 2.45) is 0 Å². The van der Waals surface area contributed by atoms with E-state index in [0.717, 1.165) is 10.4 Å². The molecule has 2 aromatic carbocycles. The lowest BCUT2D eigenvalue weighted by molar-refractivity contribution is 0.105. The smallest absolute Gasteiger partial charge is 0.193 e. The van der Waals surface area contributed by atoms with Crippen molar-refractivity contribution in [2.75, 3.05) is 7.11 Å². The number of rotatable bonds is 5. The van der Waals surface area contributed by atoms with E-state index in [2.05, 4.69) is 6.58 Å². The number of methoxy groups -OCH3 is 1. The Kier molecular flexibility index (Phi) is 4.58. The Balaban J connectivity index is 2.00. The van der Waals surface area contributed by atoms with Gasteiger partial charge in [0.25, 0.3) is 0 Å². The van der Waals surface area contributed by atoms with Crippen molar-refractivity contribution >= 4 is 22.7 Å². The van der Waals surface area contributed by atoms with Crippen molar-refractivity contribution in [3.63, 3.8) is 0 Å². The largest absolute Gasteiger partial charge is 0.496 e. The molecule has 0 N–H and O–H groups in total. The molecule has 3 rings (SSSR count). The molecule has 0 unspecified atom stereocenters. The van der Waals surface area contributed by atoms with Gasteiger partial charge in [0.15, 0.2) is 5.78 Å². The molecular weight excluding hydrogens is 323 g/mol. The van der Waals surface area contributed by atoms with Crippen LogP contribution >= 0.6 is 11.3 Å². The summed E-state index contributed by atoms with van der Waals surface area (Å²) < 4.78 is 18.4. The van der Waals surface area contributed by atoms with Gasteiger partial charge in [-0.1, -0.05) is 12.6 Å². The average Bonchev–Trinajstić information content (AvgIpc) is 3.15. The number of benzene rings is 2. The Morgan fingerprint density at radius 3 is 2.50 bits per heavy atom. The summed E-state index contributed by atoms with van der Waals surface area (Å²) in [5.74, 6) is -0.0539. The van der Waals surface area contributed by atoms with Crippen LogP contribution in [-0.4, -0.2) is 12.9 Å². The molecule has 0 aliphatic carbocycles. The van der Waals surface area contributed by atoms with Crippen molar-refractivity contribution in [1.82, 2.24) is 0 Å². The number of thiophene rings is 1. The van der Waals surface area contributed by atoms with Crippen molar-refractivity contribution in [3.8, 4) is 16.2 Å². The monoisotopic (exact) mass is 338 g/mol. The quantitative estimate of drug-likeness (QED) is 0.456. The number of carbonyl (C=O) groups excluding carboxylic acids is 1. The zero-order valence-corrected chi connectivity index (χ0v) is 13.9. The number of hydrogen-bond acceptors (Lipinski definition) is 3. The predicted molar refractivity (Wildman–Crippen MR) is 96.1 cm³/mol. The normalized spacial score (nSPS) is 10.4. The number of Topliss-reactive ketones (excluding diaryl/α,β-unsaturated/α-hetero) is 1. The van der Waals surface area contributed by atoms with Crippen LogP contribution in [0, 0.1) is 5.82 Å². The molecule has 120 valence electrons. The van der Waals surface area contributed by atoms with Gasteiger partial charge in [-0.3, -0.25) is 4.79 Å². The highest BCUT2D eigenvalue weighted by Crippen LogP contribution is 2.33. The van der Waals surface area contributed by atoms with Gasteiger partial charge in [-0.15, -0.1) is 11.3 Å². The summed E-state index contributed by atoms with van der Waals surface area (Å²) in [4.78, 5) is 13.7. The molecule has 0 radical (unpaired) electrons. The van der Waals surface area contributed by atoms with Crippen molar-refractivity contribution < 1.29 is 13.9 Å². The van der Waals surface area contributed by atoms with Crippen LogP contribution in [0.4, 0.5) is 4.39 Å². The van der Waals surface area contributed by atoms with Gasteiger partial charge >= 0.3 is 0 Å². The van der Waals surface area contributed by atoms with Gasteiger partial charge in [-0.25, -0.2) is 4.39 Å². The second kappa shape index (κ2) is 6.81. The third kappa shape index (κ3) is 3.14. The molecule has 0 aliphatic heterocycles. The number of hydrogen-bond donors (Lipinski definition) is 0. The van der Waals surface area contributed by atoms with E-state index in [1.165, 1.54) is 24.3 Å². The minimum atomic E-state index is -0.380. The number of carbonyl (C=O) groups is 1. The first-order valence-corrected chi connectivity index (χ1v) is 8.19. The van der Waals surface area contributed by atoms with Gasteiger partial charge in [0.2, 0.25) is 0 Å². The summed E-state index contributed by atoms with van der Waals surface area (Å²) in [6.45, 7) is 3.93. The van der Waals surface area contributed by atoms with Gasteiger partial charge in [0.05, 0.1) is 7.11 Å². The Bertz CT molecular complexity index is 881. The maximum Gasteiger partial charge on any atom is 0.193 e. The molecule has 1 heterocycles. The van der Waals surface area contributed by atoms with E-state index in [1.54, 1.807) is 18.4 Å². The van der Waals surface area contributed by atoms with Crippen LogP contribution in [0.1, 0.15) is 15.9 Å². The van der Waals surface area contributed by atoms with Crippen molar-refractivity contribution in [2.45, 2.75) is 0 Å². The van der Waals surface area contributed by atoms with Gasteiger partial charge < -0.3 is 4.74 Å². The fraction of sp³-hybridized carbons (Fsp3) is 0.0500. The summed E-state index contributed by atoms with van der Waals surface area (Å²) in [6.07, 6.45) is 0. The minimum Gasteiger partial charge on any atom is -0.496 e. The van der Waals surface area contributed by atoms with E-state index in [0.29, 0.717) is 22.4 Å². The molecule has 0 saturated heterocycles. The molecule has 1 aromatic heterocycles. The first-order chi connectivity index (χ1) is 11.6. The standard InChI is InChI=1S/C20H15FO2S/c1-13(20(22)14-5-8-16(21)9-6-14)17-12-15(7-10-18(17)23-2)19-4-3-11-24-19/h3-12H,1H2,2H3. The van der Waals surface area contributed by atoms with Gasteiger partial charge in [-0.05, 0) is 59.5 Å². The van der Waals surface area contributed by atoms with Crippen LogP contribution in [0.5, 0.6) is 5.75 Å². The maximum atomic E-state index is 13.1. The molecular formula is C20H15FO2S. The zero-order valence-electron chi connectivity index (χ0n) is 13.1. The lowest BCUT2D eigenvalue weighted by Gasteiger charge is -2.12. The van der Waals surface area contributed by atoms with Crippen LogP contribution in [0.2, 0.25) is 0 Å². The molecule has 4 heteroatoms. The molecule has 24 heavy (non-hydrogen) atoms. The van der Waals surface area contributed by atoms with Crippen molar-refractivity contribution in [1.29, 1.82) is 0 Å². The summed E-state index contributed by atoms with van der Waals surface area (Å²) in [5, 5.41) is 2.00. The molecule has 0 bridgehead atoms. The molecule has 0 amide bonds. The Morgan fingerprint density at radius 2 is 1.88 bits per heavy atom. The van der Waals surface area contributed by atoms with E-state index in [-0.39, 0.29) is 11.6 Å². The van der Waals surface area contributed by atoms with Crippen LogP contribution in [0.15, 0.2) is 66.6 Å². The van der Waals surface area contributed by atoms with E-state index in [9.17, 15) is 9.18 Å². The first-order valence-electron chi connectivity index (χ1n) is 7.31. The molecule has 0 fully saturated rings. The highest BCUT2D eigenvalue weighted by molar-refractivity contribution is 7.13. The SMILES string of the molecule is C=C(C(=O)c1ccc(F)cc1)c1cc(-c2cccs2)ccc1OC. The van der Waals surface area contributed by atoms with Crippen LogP contribution in [0.25, 0.3) is 16.0 Å². The van der Waals surface area contributed by atoms with E-state index in [4.69, 9.17) is 4.74 Å². The second-order valence-electron chi connectivity index (χ2n) is 5.21. The second-order valence-corrected chi connectivity index (χ2v) is 6.15. The lowest BCUT2D eigenvalue weighted by Crippen LogP contribution is -2.03. The van der Waals surface area contributed by atoms with Gasteiger partial charge in [-0.2, -0.15) is 0 Å². The third-order valence-corrected chi connectivity index (χ3v) is 4.63. The molecule has 0 spiro atoms. The average molecular weight is 338 g/mol. The maximum absolute atomic E-state index is 13.1. The Hall–Kier alpha value is -2.72. The number of allylic oxidation sites excluding steroid dienone is 1. The Labute approximate surface area is 143 Å². The predicted octanol–water partition coefficient (Wildman–Crippen LogP) is 5.46. The summed E-state index contributed by atoms with van der Waals surface area (Å²) in [7, 11) is 1.55. The fourth-order valence-electron chi connectivity index (χ4n) is 2.44. The van der Waals surface area contributed by atoms with Gasteiger partial charge in [0.1, 0.15) is 11.6 Å².